The molecule has 0 aliphatic heterocycles. The third-order valence-corrected chi connectivity index (χ3v) is 4.46. The number of primary amides is 1. The van der Waals surface area contributed by atoms with Crippen LogP contribution in [-0.4, -0.2) is 20.0 Å². The molecular formula is C14H11F3N2O3S. The van der Waals surface area contributed by atoms with Crippen molar-refractivity contribution in [1.82, 2.24) is 0 Å². The van der Waals surface area contributed by atoms with Crippen LogP contribution in [0.4, 0.5) is 23.7 Å². The Hall–Kier alpha value is -2.55. The number of sulfone groups is 1. The second kappa shape index (κ2) is 5.92. The Labute approximate surface area is 129 Å². The van der Waals surface area contributed by atoms with Gasteiger partial charge in [0.25, 0.3) is 9.84 Å². The van der Waals surface area contributed by atoms with E-state index < -0.39 is 26.3 Å². The van der Waals surface area contributed by atoms with Crippen molar-refractivity contribution < 1.29 is 26.4 Å². The molecule has 0 bridgehead atoms. The first-order valence-electron chi connectivity index (χ1n) is 6.19. The predicted molar refractivity (Wildman–Crippen MR) is 78.3 cm³/mol. The highest BCUT2D eigenvalue weighted by molar-refractivity contribution is 7.92. The summed E-state index contributed by atoms with van der Waals surface area (Å²) >= 11 is 0. The first-order valence-corrected chi connectivity index (χ1v) is 7.68. The Morgan fingerprint density at radius 3 is 1.74 bits per heavy atom. The van der Waals surface area contributed by atoms with Gasteiger partial charge in [-0.25, -0.2) is 13.2 Å². The van der Waals surface area contributed by atoms with Gasteiger partial charge in [-0.1, -0.05) is 24.3 Å². The highest BCUT2D eigenvalue weighted by Gasteiger charge is 2.46. The van der Waals surface area contributed by atoms with Gasteiger partial charge >= 0.3 is 11.5 Å². The quantitative estimate of drug-likeness (QED) is 0.896. The minimum atomic E-state index is -5.36. The lowest BCUT2D eigenvalue weighted by Gasteiger charge is -2.09. The summed E-state index contributed by atoms with van der Waals surface area (Å²) in [4.78, 5) is 9.88. The van der Waals surface area contributed by atoms with Gasteiger partial charge in [-0.2, -0.15) is 13.2 Å². The molecule has 0 heterocycles. The van der Waals surface area contributed by atoms with Gasteiger partial charge in [-0.3, -0.25) is 0 Å². The number of hydrogen-bond acceptors (Lipinski definition) is 3. The van der Waals surface area contributed by atoms with Crippen molar-refractivity contribution >= 4 is 21.6 Å². The highest BCUT2D eigenvalue weighted by atomic mass is 32.2. The Morgan fingerprint density at radius 1 is 0.913 bits per heavy atom. The predicted octanol–water partition coefficient (Wildman–Crippen LogP) is 3.14. The van der Waals surface area contributed by atoms with Gasteiger partial charge in [0.1, 0.15) is 0 Å². The number of nitrogens with one attached hydrogen (secondary N) is 1. The number of halogens is 3. The van der Waals surface area contributed by atoms with Gasteiger partial charge in [0.2, 0.25) is 0 Å². The normalized spacial score (nSPS) is 12.0. The molecule has 2 rings (SSSR count). The van der Waals surface area contributed by atoms with Gasteiger partial charge in [-0.05, 0) is 35.4 Å². The van der Waals surface area contributed by atoms with E-state index in [1.807, 2.05) is 0 Å². The van der Waals surface area contributed by atoms with Crippen LogP contribution < -0.4 is 11.1 Å². The maximum atomic E-state index is 12.5. The summed E-state index contributed by atoms with van der Waals surface area (Å²) < 4.78 is 59.9. The molecule has 0 unspecified atom stereocenters. The number of benzene rings is 2. The minimum absolute atomic E-state index is 0.456. The first-order chi connectivity index (χ1) is 10.6. The molecule has 0 radical (unpaired) electrons. The van der Waals surface area contributed by atoms with E-state index >= 15 is 0 Å². The first kappa shape index (κ1) is 16.8. The van der Waals surface area contributed by atoms with Crippen molar-refractivity contribution in [2.24, 2.45) is 5.73 Å². The number of rotatable bonds is 3. The van der Waals surface area contributed by atoms with Crippen LogP contribution in [0.3, 0.4) is 0 Å². The van der Waals surface area contributed by atoms with E-state index in [2.05, 4.69) is 5.32 Å². The van der Waals surface area contributed by atoms with Crippen molar-refractivity contribution in [1.29, 1.82) is 0 Å². The van der Waals surface area contributed by atoms with Crippen LogP contribution in [0, 0.1) is 0 Å². The lowest BCUT2D eigenvalue weighted by atomic mass is 10.1. The molecular weight excluding hydrogens is 333 g/mol. The summed E-state index contributed by atoms with van der Waals surface area (Å²) in [6.07, 6.45) is 0. The molecule has 122 valence electrons. The van der Waals surface area contributed by atoms with Crippen molar-refractivity contribution in [3.05, 3.63) is 48.5 Å². The molecule has 0 saturated heterocycles. The summed E-state index contributed by atoms with van der Waals surface area (Å²) in [5, 5.41) is 2.36. The zero-order valence-corrected chi connectivity index (χ0v) is 12.3. The summed E-state index contributed by atoms with van der Waals surface area (Å²) in [6, 6.07) is 9.95. The number of carbonyl (C=O) groups is 1. The van der Waals surface area contributed by atoms with E-state index in [4.69, 9.17) is 5.73 Å². The van der Waals surface area contributed by atoms with E-state index in [0.717, 1.165) is 12.1 Å². The molecule has 23 heavy (non-hydrogen) atoms. The molecule has 0 aliphatic rings. The van der Waals surface area contributed by atoms with E-state index in [9.17, 15) is 26.4 Å². The molecule has 5 nitrogen and oxygen atoms in total. The van der Waals surface area contributed by atoms with Gasteiger partial charge < -0.3 is 11.1 Å². The minimum Gasteiger partial charge on any atom is -0.351 e. The molecule has 0 atom stereocenters. The molecule has 0 aromatic heterocycles. The Bertz CT molecular complexity index is 814. The standard InChI is InChI=1S/C14H11F3N2O3S/c15-14(16,17)23(21,22)12-7-3-10(4-8-12)9-1-5-11(6-2-9)19-13(18)20/h1-8H,(H3,18,19,20). The molecule has 0 saturated carbocycles. The van der Waals surface area contributed by atoms with Gasteiger partial charge in [0, 0.05) is 5.69 Å². The van der Waals surface area contributed by atoms with Crippen LogP contribution in [0.2, 0.25) is 0 Å². The maximum absolute atomic E-state index is 12.5. The molecule has 2 amide bonds. The fourth-order valence-electron chi connectivity index (χ4n) is 1.85. The fraction of sp³-hybridized carbons (Fsp3) is 0.0714. The number of amides is 2. The molecule has 9 heteroatoms. The monoisotopic (exact) mass is 344 g/mol. The number of anilines is 1. The van der Waals surface area contributed by atoms with Crippen LogP contribution in [0.1, 0.15) is 0 Å². The summed E-state index contributed by atoms with van der Waals surface area (Å²) in [5.74, 6) is 0. The molecule has 0 spiro atoms. The van der Waals surface area contributed by atoms with Crippen molar-refractivity contribution in [2.75, 3.05) is 5.32 Å². The third-order valence-electron chi connectivity index (χ3n) is 2.96. The van der Waals surface area contributed by atoms with Crippen LogP contribution in [0.15, 0.2) is 53.4 Å². The van der Waals surface area contributed by atoms with Crippen LogP contribution in [0.25, 0.3) is 11.1 Å². The number of urea groups is 1. The van der Waals surface area contributed by atoms with Crippen molar-refractivity contribution in [3.8, 4) is 11.1 Å². The Kier molecular flexibility index (Phi) is 4.33. The average Bonchev–Trinajstić information content (AvgIpc) is 2.46. The van der Waals surface area contributed by atoms with Gasteiger partial charge in [0.05, 0.1) is 4.90 Å². The summed E-state index contributed by atoms with van der Waals surface area (Å²) in [7, 11) is -5.36. The SMILES string of the molecule is NC(=O)Nc1ccc(-c2ccc(S(=O)(=O)C(F)(F)F)cc2)cc1. The largest absolute Gasteiger partial charge is 0.501 e. The van der Waals surface area contributed by atoms with Crippen LogP contribution in [0.5, 0.6) is 0 Å². The highest BCUT2D eigenvalue weighted by Crippen LogP contribution is 2.31. The van der Waals surface area contributed by atoms with Crippen LogP contribution in [-0.2, 0) is 9.84 Å². The summed E-state index contributed by atoms with van der Waals surface area (Å²) in [5.41, 5.74) is 1.25. The maximum Gasteiger partial charge on any atom is 0.501 e. The van der Waals surface area contributed by atoms with Crippen molar-refractivity contribution in [3.63, 3.8) is 0 Å². The fourth-order valence-corrected chi connectivity index (χ4v) is 2.61. The van der Waals surface area contributed by atoms with Gasteiger partial charge in [-0.15, -0.1) is 0 Å². The summed E-state index contributed by atoms with van der Waals surface area (Å²) in [6.45, 7) is 0. The average molecular weight is 344 g/mol. The second-order valence-corrected chi connectivity index (χ2v) is 6.48. The zero-order chi connectivity index (χ0) is 17.3. The van der Waals surface area contributed by atoms with E-state index in [0.29, 0.717) is 16.8 Å². The smallest absolute Gasteiger partial charge is 0.351 e. The Balaban J connectivity index is 2.28. The molecule has 0 aliphatic carbocycles. The third kappa shape index (κ3) is 3.62. The molecule has 2 aromatic carbocycles. The number of carbonyl (C=O) groups excluding carboxylic acids is 1. The molecule has 0 fully saturated rings. The Morgan fingerprint density at radius 2 is 1.35 bits per heavy atom. The number of nitrogens with two attached hydrogens (primary N) is 1. The topological polar surface area (TPSA) is 89.3 Å². The van der Waals surface area contributed by atoms with Gasteiger partial charge in [0.15, 0.2) is 0 Å². The number of alkyl halides is 3. The van der Waals surface area contributed by atoms with E-state index in [-0.39, 0.29) is 0 Å². The lowest BCUT2D eigenvalue weighted by Crippen LogP contribution is -2.23. The van der Waals surface area contributed by atoms with E-state index in [1.165, 1.54) is 12.1 Å². The van der Waals surface area contributed by atoms with E-state index in [1.54, 1.807) is 24.3 Å². The van der Waals surface area contributed by atoms with Crippen LogP contribution >= 0.6 is 0 Å². The van der Waals surface area contributed by atoms with Crippen molar-refractivity contribution in [2.45, 2.75) is 10.4 Å². The number of hydrogen-bond donors (Lipinski definition) is 2. The molecule has 3 N–H and O–H groups in total. The lowest BCUT2D eigenvalue weighted by molar-refractivity contribution is -0.0436. The zero-order valence-electron chi connectivity index (χ0n) is 11.5. The molecule has 2 aromatic rings. The second-order valence-electron chi connectivity index (χ2n) is 4.54.